The Morgan fingerprint density at radius 3 is 1.92 bits per heavy atom. The van der Waals surface area contributed by atoms with E-state index in [9.17, 15) is 5.11 Å². The zero-order valence-electron chi connectivity index (χ0n) is 37.8. The summed E-state index contributed by atoms with van der Waals surface area (Å²) < 4.78 is 6.89. The third kappa shape index (κ3) is 12.0. The molecule has 0 bridgehead atoms. The number of hydrogen-bond donors (Lipinski definition) is 6. The van der Waals surface area contributed by atoms with Gasteiger partial charge in [0.2, 0.25) is 11.9 Å². The maximum Gasteiger partial charge on any atom is 0.229 e. The van der Waals surface area contributed by atoms with Crippen LogP contribution < -0.4 is 31.5 Å². The lowest BCUT2D eigenvalue weighted by atomic mass is 9.89. The van der Waals surface area contributed by atoms with Crippen molar-refractivity contribution in [2.45, 2.75) is 145 Å². The molecule has 7 heterocycles. The molecule has 3 saturated heterocycles. The summed E-state index contributed by atoms with van der Waals surface area (Å²) in [5.41, 5.74) is 4.17. The Morgan fingerprint density at radius 2 is 1.28 bits per heavy atom. The molecule has 0 spiro atoms. The van der Waals surface area contributed by atoms with Crippen LogP contribution in [0.3, 0.4) is 0 Å². The Hall–Kier alpha value is -4.41. The minimum absolute atomic E-state index is 0.159. The van der Waals surface area contributed by atoms with Gasteiger partial charge < -0.3 is 46.2 Å². The van der Waals surface area contributed by atoms with Crippen LogP contribution in [0, 0.1) is 5.92 Å². The van der Waals surface area contributed by atoms with E-state index in [1.54, 1.807) is 12.3 Å². The maximum absolute atomic E-state index is 10.1. The molecule has 4 aromatic heterocycles. The fourth-order valence-electron chi connectivity index (χ4n) is 10.8. The fraction of sp³-hybridized carbons (Fsp3) is 0.633. The number of nitrogens with one attached hydrogen (secondary N) is 5. The molecular weight excluding hydrogens is 838 g/mol. The molecule has 65 heavy (non-hydrogen) atoms. The normalized spacial score (nSPS) is 26.1. The van der Waals surface area contributed by atoms with Crippen molar-refractivity contribution in [1.29, 1.82) is 0 Å². The average Bonchev–Trinajstić information content (AvgIpc) is 4.16. The van der Waals surface area contributed by atoms with Crippen molar-refractivity contribution in [3.8, 4) is 0 Å². The largest absolute Gasteiger partial charge is 0.393 e. The molecule has 0 radical (unpaired) electrons. The van der Waals surface area contributed by atoms with Gasteiger partial charge in [-0.25, -0.2) is 19.9 Å². The van der Waals surface area contributed by atoms with Crippen LogP contribution in [-0.4, -0.2) is 116 Å². The van der Waals surface area contributed by atoms with Crippen LogP contribution in [0.25, 0.3) is 0 Å². The van der Waals surface area contributed by atoms with Gasteiger partial charge in [0, 0.05) is 85.1 Å². The van der Waals surface area contributed by atoms with Gasteiger partial charge >= 0.3 is 0 Å². The third-order valence-electron chi connectivity index (χ3n) is 14.8. The van der Waals surface area contributed by atoms with Gasteiger partial charge in [-0.2, -0.15) is 9.97 Å². The Labute approximate surface area is 389 Å². The predicted molar refractivity (Wildman–Crippen MR) is 258 cm³/mol. The molecule has 1 unspecified atom stereocenters. The van der Waals surface area contributed by atoms with E-state index in [2.05, 4.69) is 47.4 Å². The van der Waals surface area contributed by atoms with Gasteiger partial charge in [0.25, 0.3) is 0 Å². The van der Waals surface area contributed by atoms with Gasteiger partial charge in [0.15, 0.2) is 0 Å². The number of aromatic nitrogens is 6. The summed E-state index contributed by atoms with van der Waals surface area (Å²) in [5.74, 6) is 5.76. The number of rotatable bonds is 15. The van der Waals surface area contributed by atoms with Gasteiger partial charge in [0.1, 0.15) is 22.6 Å². The van der Waals surface area contributed by atoms with Crippen LogP contribution in [0.4, 0.5) is 40.7 Å². The smallest absolute Gasteiger partial charge is 0.229 e. The lowest BCUT2D eigenvalue weighted by molar-refractivity contribution is -0.0359. The molecule has 15 nitrogen and oxygen atoms in total. The van der Waals surface area contributed by atoms with E-state index >= 15 is 0 Å². The fourth-order valence-corrected chi connectivity index (χ4v) is 11.0. The first-order valence-electron chi connectivity index (χ1n) is 24.8. The van der Waals surface area contributed by atoms with Crippen LogP contribution >= 0.6 is 11.6 Å². The Bertz CT molecular complexity index is 2170. The summed E-state index contributed by atoms with van der Waals surface area (Å²) in [7, 11) is 0. The highest BCUT2D eigenvalue weighted by molar-refractivity contribution is 6.29. The van der Waals surface area contributed by atoms with Crippen molar-refractivity contribution < 1.29 is 9.84 Å². The van der Waals surface area contributed by atoms with Crippen LogP contribution in [0.5, 0.6) is 0 Å². The number of hydrogen-bond acceptors (Lipinski definition) is 15. The minimum Gasteiger partial charge on any atom is -0.393 e. The van der Waals surface area contributed by atoms with E-state index in [1.165, 1.54) is 30.5 Å². The molecule has 6 aliphatic rings. The molecule has 0 aromatic carbocycles. The number of likely N-dealkylation sites (tertiary alicyclic amines) is 1. The van der Waals surface area contributed by atoms with E-state index < -0.39 is 0 Å². The first-order valence-corrected chi connectivity index (χ1v) is 25.2. The summed E-state index contributed by atoms with van der Waals surface area (Å²) in [5, 5.41) is 28.6. The highest BCUT2D eigenvalue weighted by Gasteiger charge is 2.32. The predicted octanol–water partition coefficient (Wildman–Crippen LogP) is 8.38. The molecular formula is C49H68ClN13O2. The Balaban J connectivity index is 0.746. The molecule has 6 N–H and O–H groups in total. The quantitative estimate of drug-likeness (QED) is 0.0628. The number of aliphatic hydroxyl groups excluding tert-OH is 1. The van der Waals surface area contributed by atoms with Gasteiger partial charge in [0.05, 0.1) is 18.3 Å². The van der Waals surface area contributed by atoms with Crippen LogP contribution in [-0.2, 0) is 4.74 Å². The second kappa shape index (κ2) is 21.0. The zero-order chi connectivity index (χ0) is 44.0. The molecule has 3 aliphatic heterocycles. The molecule has 3 aliphatic carbocycles. The number of piperidine rings is 3. The molecule has 348 valence electrons. The third-order valence-corrected chi connectivity index (χ3v) is 15.0. The van der Waals surface area contributed by atoms with E-state index in [0.717, 1.165) is 164 Å². The lowest BCUT2D eigenvalue weighted by Gasteiger charge is -2.37. The van der Waals surface area contributed by atoms with Crippen LogP contribution in [0.1, 0.15) is 126 Å². The summed E-state index contributed by atoms with van der Waals surface area (Å²) in [4.78, 5) is 33.8. The molecule has 1 atom stereocenters. The maximum atomic E-state index is 10.1. The van der Waals surface area contributed by atoms with Crippen molar-refractivity contribution in [3.63, 3.8) is 0 Å². The van der Waals surface area contributed by atoms with Gasteiger partial charge in [-0.15, -0.1) is 0 Å². The Kier molecular flexibility index (Phi) is 14.4. The van der Waals surface area contributed by atoms with Crippen LogP contribution in [0.15, 0.2) is 49.1 Å². The van der Waals surface area contributed by atoms with Gasteiger partial charge in [-0.3, -0.25) is 0 Å². The second-order valence-electron chi connectivity index (χ2n) is 19.7. The summed E-state index contributed by atoms with van der Waals surface area (Å²) in [6, 6.07) is 8.41. The topological polar surface area (TPSA) is 173 Å². The average molecular weight is 907 g/mol. The van der Waals surface area contributed by atoms with Crippen molar-refractivity contribution in [1.82, 2.24) is 40.1 Å². The second-order valence-corrected chi connectivity index (χ2v) is 20.1. The monoisotopic (exact) mass is 906 g/mol. The highest BCUT2D eigenvalue weighted by atomic mass is 35.5. The molecule has 4 aromatic rings. The molecule has 6 fully saturated rings. The SMILES string of the molecule is O[C@H]1CC[C@H](Nc2nc(Nc3ccnc(N4CCCC(O[C@H]5CC[C@H](Nc6nc(Nc7ccnc(Cl)c7)ncc6C6CCN(CC7CC7)CC6)CC5)C4)c3)ncc2C2CCNCC2)CC1. The van der Waals surface area contributed by atoms with E-state index in [1.807, 2.05) is 30.7 Å². The standard InChI is InChI=1S/C49H68ClN13O2/c50-44-26-37(15-21-52-44)58-48-55-29-43(34-17-24-62(25-18-34)30-32-3-4-32)47(61-48)57-36-7-11-40(12-8-36)65-41-2-1-23-63(31-41)45-27-38(16-22-53-45)59-49-54-28-42(33-13-19-51-20-14-33)46(60-49)56-35-5-9-39(64)10-6-35/h15-16,21-22,26-29,32-36,39-41,51,64H,1-14,17-20,23-25,30-31H2,(H2,52,55,57,58,61)(H2,53,54,56,59,60)/t35-,36-,39-,40-,41?. The van der Waals surface area contributed by atoms with E-state index in [-0.39, 0.29) is 18.3 Å². The van der Waals surface area contributed by atoms with E-state index in [0.29, 0.717) is 41.0 Å². The summed E-state index contributed by atoms with van der Waals surface area (Å²) in [6.07, 6.45) is 24.8. The van der Waals surface area contributed by atoms with Crippen molar-refractivity contribution in [3.05, 3.63) is 65.3 Å². The highest BCUT2D eigenvalue weighted by Crippen LogP contribution is 2.38. The van der Waals surface area contributed by atoms with Crippen molar-refractivity contribution in [2.24, 2.45) is 5.92 Å². The van der Waals surface area contributed by atoms with Crippen molar-refractivity contribution in [2.75, 3.05) is 72.0 Å². The molecule has 3 saturated carbocycles. The molecule has 10 rings (SSSR count). The van der Waals surface area contributed by atoms with E-state index in [4.69, 9.17) is 41.3 Å². The summed E-state index contributed by atoms with van der Waals surface area (Å²) >= 11 is 6.20. The number of anilines is 7. The van der Waals surface area contributed by atoms with Crippen LogP contribution in [0.2, 0.25) is 5.15 Å². The Morgan fingerprint density at radius 1 is 0.662 bits per heavy atom. The lowest BCUT2D eigenvalue weighted by Crippen LogP contribution is -2.42. The zero-order valence-corrected chi connectivity index (χ0v) is 38.6. The first kappa shape index (κ1) is 44.4. The number of halogens is 1. The number of ether oxygens (including phenoxy) is 1. The molecule has 0 amide bonds. The van der Waals surface area contributed by atoms with Gasteiger partial charge in [-0.05, 0) is 165 Å². The van der Waals surface area contributed by atoms with Gasteiger partial charge in [-0.1, -0.05) is 11.6 Å². The molecule has 16 heteroatoms. The number of pyridine rings is 2. The number of nitrogens with zero attached hydrogens (tertiary/aromatic N) is 8. The number of aliphatic hydroxyl groups is 1. The summed E-state index contributed by atoms with van der Waals surface area (Å²) in [6.45, 7) is 7.34. The minimum atomic E-state index is -0.192. The first-order chi connectivity index (χ1) is 31.9. The van der Waals surface area contributed by atoms with Crippen molar-refractivity contribution >= 4 is 52.3 Å².